The summed E-state index contributed by atoms with van der Waals surface area (Å²) in [5, 5.41) is 5.26. The first kappa shape index (κ1) is 30.5. The summed E-state index contributed by atoms with van der Waals surface area (Å²) < 4.78 is 34.3. The van der Waals surface area contributed by atoms with Crippen molar-refractivity contribution < 1.29 is 27.5 Å². The number of methoxy groups -OCH3 is 2. The summed E-state index contributed by atoms with van der Waals surface area (Å²) in [6.45, 7) is 5.25. The van der Waals surface area contributed by atoms with Gasteiger partial charge in [0, 0.05) is 32.2 Å². The fraction of sp³-hybridized carbons (Fsp3) is 0.375. The number of nitrogens with two attached hydrogens (primary N) is 1. The highest BCUT2D eigenvalue weighted by Crippen LogP contribution is 2.40. The number of carbonyl (C=O) groups excluding carboxylic acids is 2. The van der Waals surface area contributed by atoms with E-state index in [9.17, 15) is 18.0 Å². The molecule has 2 atom stereocenters. The quantitative estimate of drug-likeness (QED) is 0.325. The van der Waals surface area contributed by atoms with Gasteiger partial charge in [0.25, 0.3) is 11.8 Å². The van der Waals surface area contributed by atoms with Crippen molar-refractivity contribution in [2.45, 2.75) is 31.8 Å². The first-order chi connectivity index (χ1) is 20.6. The number of carbonyl (C=O) groups is 2. The number of primary sulfonamides is 1. The van der Waals surface area contributed by atoms with E-state index < -0.39 is 27.9 Å². The van der Waals surface area contributed by atoms with E-state index in [0.717, 1.165) is 18.8 Å². The summed E-state index contributed by atoms with van der Waals surface area (Å²) in [4.78, 5) is 33.9. The third kappa shape index (κ3) is 6.39. The lowest BCUT2D eigenvalue weighted by Crippen LogP contribution is -2.47. The van der Waals surface area contributed by atoms with Gasteiger partial charge in [0.2, 0.25) is 10.0 Å². The lowest BCUT2D eigenvalue weighted by atomic mass is 10.00. The van der Waals surface area contributed by atoms with Gasteiger partial charge in [-0.25, -0.2) is 13.6 Å². The summed E-state index contributed by atoms with van der Waals surface area (Å²) in [7, 11) is -0.694. The van der Waals surface area contributed by atoms with E-state index in [1.807, 2.05) is 30.3 Å². The molecule has 0 bridgehead atoms. The minimum atomic E-state index is -3.72. The van der Waals surface area contributed by atoms with Crippen LogP contribution in [0.5, 0.6) is 11.5 Å². The number of anilines is 1. The molecular weight excluding hydrogens is 568 g/mol. The second-order valence-electron chi connectivity index (χ2n) is 10.9. The predicted molar refractivity (Wildman–Crippen MR) is 165 cm³/mol. The van der Waals surface area contributed by atoms with E-state index in [0.29, 0.717) is 41.3 Å². The van der Waals surface area contributed by atoms with Crippen LogP contribution >= 0.6 is 0 Å². The summed E-state index contributed by atoms with van der Waals surface area (Å²) in [5.41, 5.74) is 3.36. The Morgan fingerprint density at radius 2 is 1.53 bits per heavy atom. The molecule has 5 rings (SSSR count). The molecule has 0 aromatic heterocycles. The highest BCUT2D eigenvalue weighted by Gasteiger charge is 2.43. The minimum absolute atomic E-state index is 0.166. The molecule has 0 saturated carbocycles. The van der Waals surface area contributed by atoms with Crippen LogP contribution < -0.4 is 19.5 Å². The molecule has 1 fully saturated rings. The molecule has 2 aliphatic rings. The Kier molecular flexibility index (Phi) is 9.05. The van der Waals surface area contributed by atoms with Crippen LogP contribution in [0.4, 0.5) is 5.69 Å². The molecule has 3 aromatic carbocycles. The normalized spacial score (nSPS) is 17.1. The van der Waals surface area contributed by atoms with Gasteiger partial charge in [-0.2, -0.15) is 0 Å². The Labute approximate surface area is 253 Å². The monoisotopic (exact) mass is 606 g/mol. The maximum atomic E-state index is 14.1. The molecular formula is C32H38N4O6S. The van der Waals surface area contributed by atoms with E-state index in [1.54, 1.807) is 24.3 Å². The molecule has 1 saturated heterocycles. The number of piperazine rings is 1. The van der Waals surface area contributed by atoms with Crippen LogP contribution in [0.1, 0.15) is 63.7 Å². The van der Waals surface area contributed by atoms with Gasteiger partial charge in [0.05, 0.1) is 42.8 Å². The zero-order valence-electron chi connectivity index (χ0n) is 24.7. The van der Waals surface area contributed by atoms with Gasteiger partial charge in [-0.15, -0.1) is 0 Å². The molecule has 2 aliphatic heterocycles. The predicted octanol–water partition coefficient (Wildman–Crippen LogP) is 3.99. The molecule has 2 amide bonds. The number of rotatable bonds is 11. The molecule has 43 heavy (non-hydrogen) atoms. The van der Waals surface area contributed by atoms with E-state index in [4.69, 9.17) is 14.6 Å². The minimum Gasteiger partial charge on any atom is -0.493 e. The lowest BCUT2D eigenvalue weighted by molar-refractivity contribution is 0.0573. The van der Waals surface area contributed by atoms with Gasteiger partial charge >= 0.3 is 0 Å². The van der Waals surface area contributed by atoms with Gasteiger partial charge in [0.1, 0.15) is 0 Å². The molecule has 3 aromatic rings. The average Bonchev–Trinajstić information content (AvgIpc) is 3.27. The van der Waals surface area contributed by atoms with Crippen molar-refractivity contribution in [3.8, 4) is 11.5 Å². The van der Waals surface area contributed by atoms with Crippen LogP contribution in [0.3, 0.4) is 0 Å². The third-order valence-corrected chi connectivity index (χ3v) is 9.28. The maximum Gasteiger partial charge on any atom is 0.264 e. The smallest absolute Gasteiger partial charge is 0.264 e. The molecule has 2 heterocycles. The van der Waals surface area contributed by atoms with Crippen LogP contribution in [0, 0.1) is 0 Å². The molecule has 2 N–H and O–H groups in total. The molecule has 11 heteroatoms. The molecule has 228 valence electrons. The summed E-state index contributed by atoms with van der Waals surface area (Å²) in [6.07, 6.45) is 0.377. The number of hydrogen-bond acceptors (Lipinski definition) is 8. The maximum absolute atomic E-state index is 14.1. The Balaban J connectivity index is 1.42. The van der Waals surface area contributed by atoms with Crippen molar-refractivity contribution in [2.24, 2.45) is 5.14 Å². The van der Waals surface area contributed by atoms with Crippen molar-refractivity contribution in [1.82, 2.24) is 9.80 Å². The second kappa shape index (κ2) is 12.7. The zero-order valence-corrected chi connectivity index (χ0v) is 25.5. The van der Waals surface area contributed by atoms with Crippen LogP contribution in [-0.4, -0.2) is 76.2 Å². The standard InChI is InChI=1S/C32H38N4O6S/c1-22(23-9-5-4-6-10-23)34-16-18-35(19-17-34)27-12-7-11-25-30(27)32(38)36(31(25)37)26(13-8-20-43(33,39)40)24-14-15-28(41-2)29(21-24)42-3/h4-7,9-12,14-15,21-22,26H,8,13,16-20H2,1-3H3,(H2,33,39,40). The van der Waals surface area contributed by atoms with Gasteiger partial charge in [-0.1, -0.05) is 42.5 Å². The van der Waals surface area contributed by atoms with Crippen LogP contribution in [0.25, 0.3) is 0 Å². The fourth-order valence-electron chi connectivity index (χ4n) is 6.11. The number of fused-ring (bicyclic) bond motifs is 1. The average molecular weight is 607 g/mol. The topological polar surface area (TPSA) is 122 Å². The molecule has 0 spiro atoms. The molecule has 2 unspecified atom stereocenters. The van der Waals surface area contributed by atoms with Crippen molar-refractivity contribution in [1.29, 1.82) is 0 Å². The van der Waals surface area contributed by atoms with Crippen molar-refractivity contribution in [3.05, 3.63) is 89.0 Å². The highest BCUT2D eigenvalue weighted by molar-refractivity contribution is 7.89. The van der Waals surface area contributed by atoms with Crippen LogP contribution in [-0.2, 0) is 10.0 Å². The molecule has 10 nitrogen and oxygen atoms in total. The number of nitrogens with zero attached hydrogens (tertiary/aromatic N) is 3. The first-order valence-corrected chi connectivity index (χ1v) is 16.1. The Hall–Kier alpha value is -3.93. The largest absolute Gasteiger partial charge is 0.493 e. The zero-order chi connectivity index (χ0) is 30.7. The summed E-state index contributed by atoms with van der Waals surface area (Å²) in [6, 6.07) is 20.5. The van der Waals surface area contributed by atoms with Crippen LogP contribution in [0.2, 0.25) is 0 Å². The Morgan fingerprint density at radius 1 is 0.837 bits per heavy atom. The fourth-order valence-corrected chi connectivity index (χ4v) is 6.68. The van der Waals surface area contributed by atoms with E-state index in [1.165, 1.54) is 24.7 Å². The van der Waals surface area contributed by atoms with Crippen molar-refractivity contribution >= 4 is 27.5 Å². The highest BCUT2D eigenvalue weighted by atomic mass is 32.2. The number of amides is 2. The van der Waals surface area contributed by atoms with Gasteiger partial charge in [0.15, 0.2) is 11.5 Å². The number of sulfonamides is 1. The van der Waals surface area contributed by atoms with Gasteiger partial charge in [-0.3, -0.25) is 19.4 Å². The summed E-state index contributed by atoms with van der Waals surface area (Å²) in [5.74, 6) is -0.132. The number of benzene rings is 3. The van der Waals surface area contributed by atoms with Gasteiger partial charge < -0.3 is 14.4 Å². The molecule has 0 aliphatic carbocycles. The third-order valence-electron chi connectivity index (χ3n) is 8.42. The van der Waals surface area contributed by atoms with E-state index in [2.05, 4.69) is 28.9 Å². The van der Waals surface area contributed by atoms with Gasteiger partial charge in [-0.05, 0) is 55.2 Å². The first-order valence-electron chi connectivity index (χ1n) is 14.4. The van der Waals surface area contributed by atoms with Crippen LogP contribution in [0.15, 0.2) is 66.7 Å². The van der Waals surface area contributed by atoms with Crippen molar-refractivity contribution in [2.75, 3.05) is 51.1 Å². The number of imide groups is 1. The number of hydrogen-bond donors (Lipinski definition) is 1. The number of ether oxygens (including phenoxy) is 2. The summed E-state index contributed by atoms with van der Waals surface area (Å²) >= 11 is 0. The van der Waals surface area contributed by atoms with E-state index in [-0.39, 0.29) is 24.6 Å². The van der Waals surface area contributed by atoms with E-state index >= 15 is 0 Å². The Morgan fingerprint density at radius 3 is 2.19 bits per heavy atom. The SMILES string of the molecule is COc1ccc(C(CCCS(N)(=O)=O)N2C(=O)c3cccc(N4CCN(C(C)c5ccccc5)CC4)c3C2=O)cc1OC. The second-order valence-corrected chi connectivity index (χ2v) is 12.7. The Bertz CT molecular complexity index is 1590. The lowest BCUT2D eigenvalue weighted by Gasteiger charge is -2.39. The van der Waals surface area contributed by atoms with Crippen molar-refractivity contribution in [3.63, 3.8) is 0 Å². The molecule has 0 radical (unpaired) electrons.